The Kier molecular flexibility index (Phi) is 8.36. The van der Waals surface area contributed by atoms with Crippen LogP contribution in [-0.2, 0) is 4.79 Å². The minimum atomic E-state index is -0.845. The molecule has 0 heterocycles. The highest BCUT2D eigenvalue weighted by Crippen LogP contribution is 2.17. The van der Waals surface area contributed by atoms with Gasteiger partial charge in [-0.05, 0) is 17.6 Å². The molecule has 0 unspecified atom stereocenters. The highest BCUT2D eigenvalue weighted by atomic mass is 16.1. The predicted molar refractivity (Wildman–Crippen MR) is 69.3 cm³/mol. The third-order valence-corrected chi connectivity index (χ3v) is 1.95. The molecule has 18 heavy (non-hydrogen) atoms. The van der Waals surface area contributed by atoms with Gasteiger partial charge in [-0.3, -0.25) is 10.7 Å². The molecule has 0 aromatic carbocycles. The zero-order chi connectivity index (χ0) is 13.4. The highest BCUT2D eigenvalue weighted by molar-refractivity contribution is 5.96. The maximum Gasteiger partial charge on any atom is 0.259 e. The first-order chi connectivity index (χ1) is 7.97. The zero-order valence-corrected chi connectivity index (χ0v) is 10.6. The number of nitrogens with two attached hydrogens (primary N) is 1. The number of allylic oxidation sites excluding steroid dienone is 4. The molecule has 6 N–H and O–H groups in total. The molecule has 0 rings (SSSR count). The Bertz CT molecular complexity index is 508. The number of quaternary nitrogens is 1. The summed E-state index contributed by atoms with van der Waals surface area (Å²) in [5, 5.41) is 26.1. The van der Waals surface area contributed by atoms with Gasteiger partial charge in [-0.1, -0.05) is 19.9 Å². The lowest BCUT2D eigenvalue weighted by Gasteiger charge is -2.08. The summed E-state index contributed by atoms with van der Waals surface area (Å²) in [7, 11) is 0. The van der Waals surface area contributed by atoms with Crippen LogP contribution in [0.3, 0.4) is 0 Å². The van der Waals surface area contributed by atoms with Crippen molar-refractivity contribution in [3.8, 4) is 12.1 Å². The molecule has 0 bridgehead atoms. The summed E-state index contributed by atoms with van der Waals surface area (Å²) in [5.41, 5.74) is 5.15. The summed E-state index contributed by atoms with van der Waals surface area (Å²) in [6.45, 7) is 3.59. The molecule has 0 aromatic rings. The Labute approximate surface area is 106 Å². The maximum absolute atomic E-state index is 10.8. The van der Waals surface area contributed by atoms with Crippen molar-refractivity contribution < 1.29 is 4.79 Å². The summed E-state index contributed by atoms with van der Waals surface area (Å²) in [6.07, 6.45) is 2.61. The van der Waals surface area contributed by atoms with Crippen molar-refractivity contribution in [1.82, 2.24) is 6.15 Å². The molecule has 0 aliphatic heterocycles. The van der Waals surface area contributed by atoms with Crippen LogP contribution in [0.15, 0.2) is 28.9 Å². The van der Waals surface area contributed by atoms with E-state index in [-0.39, 0.29) is 23.2 Å². The number of nitriles is 2. The first-order valence-corrected chi connectivity index (χ1v) is 4.77. The molecule has 94 valence electrons. The SMILES string of the molecule is CC(C)/C(=C\C=C(\C#N)C(N)=O)C(=C=[N-])C#N.[NH4+]. The van der Waals surface area contributed by atoms with Gasteiger partial charge < -0.3 is 17.3 Å². The number of carbonyl (C=O) groups excluding carboxylic acids is 1. The average molecular weight is 245 g/mol. The fraction of sp³-hybridized carbons (Fsp3) is 0.250. The van der Waals surface area contributed by atoms with E-state index in [0.29, 0.717) is 5.57 Å². The predicted octanol–water partition coefficient (Wildman–Crippen LogP) is 1.57. The van der Waals surface area contributed by atoms with Gasteiger partial charge in [0.1, 0.15) is 17.7 Å². The Hall–Kier alpha value is -2.66. The van der Waals surface area contributed by atoms with Crippen LogP contribution in [-0.4, -0.2) is 11.8 Å². The quantitative estimate of drug-likeness (QED) is 0.335. The molecular weight excluding hydrogens is 230 g/mol. The van der Waals surface area contributed by atoms with Gasteiger partial charge >= 0.3 is 0 Å². The lowest BCUT2D eigenvalue weighted by molar-refractivity contribution is -0.114. The van der Waals surface area contributed by atoms with Crippen LogP contribution in [0.2, 0.25) is 0 Å². The smallest absolute Gasteiger partial charge is 0.259 e. The largest absolute Gasteiger partial charge is 0.762 e. The minimum absolute atomic E-state index is 0. The second kappa shape index (κ2) is 8.49. The number of hydrogen-bond donors (Lipinski definition) is 2. The van der Waals surface area contributed by atoms with Crippen molar-refractivity contribution >= 4 is 11.8 Å². The van der Waals surface area contributed by atoms with Crippen LogP contribution in [0.4, 0.5) is 0 Å². The van der Waals surface area contributed by atoms with E-state index in [2.05, 4.69) is 0 Å². The van der Waals surface area contributed by atoms with Gasteiger partial charge in [0, 0.05) is 0 Å². The van der Waals surface area contributed by atoms with Crippen molar-refractivity contribution in [1.29, 1.82) is 10.5 Å². The number of primary amides is 1. The summed E-state index contributed by atoms with van der Waals surface area (Å²) >= 11 is 0. The van der Waals surface area contributed by atoms with E-state index < -0.39 is 5.91 Å². The van der Waals surface area contributed by atoms with E-state index >= 15 is 0 Å². The van der Waals surface area contributed by atoms with Crippen LogP contribution in [0.25, 0.3) is 5.41 Å². The Morgan fingerprint density at radius 3 is 2.11 bits per heavy atom. The van der Waals surface area contributed by atoms with Crippen molar-refractivity contribution in [2.24, 2.45) is 11.7 Å². The molecule has 0 fully saturated rings. The van der Waals surface area contributed by atoms with Crippen LogP contribution < -0.4 is 11.9 Å². The molecule has 0 aromatic heterocycles. The standard InChI is InChI=1S/C12H11N4O.H3N/c1-8(2)11(10(6-14)7-15)4-3-9(5-13)12(16)17;/h3-4,8H,1-2H3,(H2,16,17);1H3/q-1;/p+1/b9-3-,11-4+;. The number of nitrogens with zero attached hydrogens (tertiary/aromatic N) is 3. The molecule has 0 aliphatic rings. The number of amides is 1. The second-order valence-electron chi connectivity index (χ2n) is 3.43. The van der Waals surface area contributed by atoms with Crippen LogP contribution in [0.5, 0.6) is 0 Å². The molecule has 0 saturated carbocycles. The van der Waals surface area contributed by atoms with Gasteiger partial charge in [0.2, 0.25) is 0 Å². The van der Waals surface area contributed by atoms with E-state index in [1.807, 2.05) is 0 Å². The van der Waals surface area contributed by atoms with Crippen molar-refractivity contribution in [2.75, 3.05) is 0 Å². The number of rotatable bonds is 4. The van der Waals surface area contributed by atoms with Gasteiger partial charge in [0.05, 0.1) is 5.57 Å². The monoisotopic (exact) mass is 245 g/mol. The van der Waals surface area contributed by atoms with E-state index in [1.54, 1.807) is 31.9 Å². The average Bonchev–Trinajstić information content (AvgIpc) is 2.27. The minimum Gasteiger partial charge on any atom is -0.762 e. The molecule has 1 amide bonds. The van der Waals surface area contributed by atoms with Crippen molar-refractivity contribution in [2.45, 2.75) is 13.8 Å². The van der Waals surface area contributed by atoms with Crippen molar-refractivity contribution in [3.63, 3.8) is 0 Å². The lowest BCUT2D eigenvalue weighted by Crippen LogP contribution is -2.12. The van der Waals surface area contributed by atoms with Gasteiger partial charge in [0.15, 0.2) is 0 Å². The van der Waals surface area contributed by atoms with E-state index in [4.69, 9.17) is 21.7 Å². The lowest BCUT2D eigenvalue weighted by atomic mass is 9.96. The molecule has 0 aliphatic carbocycles. The van der Waals surface area contributed by atoms with Gasteiger partial charge in [0.25, 0.3) is 5.91 Å². The van der Waals surface area contributed by atoms with E-state index in [0.717, 1.165) is 0 Å². The third kappa shape index (κ3) is 4.91. The first-order valence-electron chi connectivity index (χ1n) is 4.77. The van der Waals surface area contributed by atoms with E-state index in [9.17, 15) is 4.79 Å². The number of hydrogen-bond acceptors (Lipinski definition) is 3. The summed E-state index contributed by atoms with van der Waals surface area (Å²) in [6, 6.07) is 3.40. The second-order valence-corrected chi connectivity index (χ2v) is 3.43. The van der Waals surface area contributed by atoms with Crippen LogP contribution >= 0.6 is 0 Å². The summed E-state index contributed by atoms with van der Waals surface area (Å²) in [4.78, 5) is 10.8. The molecule has 0 atom stereocenters. The molecule has 0 radical (unpaired) electrons. The molecule has 0 spiro atoms. The highest BCUT2D eigenvalue weighted by Gasteiger charge is 2.08. The van der Waals surface area contributed by atoms with Gasteiger partial charge in [-0.25, -0.2) is 0 Å². The van der Waals surface area contributed by atoms with Gasteiger partial charge in [-0.2, -0.15) is 10.5 Å². The Morgan fingerprint density at radius 2 is 1.83 bits per heavy atom. The normalized spacial score (nSPS) is 10.7. The third-order valence-electron chi connectivity index (χ3n) is 1.95. The molecule has 0 saturated heterocycles. The van der Waals surface area contributed by atoms with Crippen LogP contribution in [0, 0.1) is 28.6 Å². The van der Waals surface area contributed by atoms with Crippen molar-refractivity contribution in [3.05, 3.63) is 34.3 Å². The zero-order valence-electron chi connectivity index (χ0n) is 10.6. The Balaban J connectivity index is 0. The van der Waals surface area contributed by atoms with Crippen LogP contribution in [0.1, 0.15) is 13.8 Å². The number of carbonyl (C=O) groups is 1. The fourth-order valence-electron chi connectivity index (χ4n) is 1.07. The first kappa shape index (κ1) is 17.7. The van der Waals surface area contributed by atoms with Gasteiger partial charge in [-0.15, -0.1) is 0 Å². The molecule has 6 nitrogen and oxygen atoms in total. The summed E-state index contributed by atoms with van der Waals surface area (Å²) in [5.74, 6) is 0.842. The maximum atomic E-state index is 10.8. The molecular formula is C12H15N5O. The summed E-state index contributed by atoms with van der Waals surface area (Å²) < 4.78 is 0. The Morgan fingerprint density at radius 1 is 1.28 bits per heavy atom. The topological polar surface area (TPSA) is 149 Å². The fourth-order valence-corrected chi connectivity index (χ4v) is 1.07. The molecule has 6 heteroatoms. The van der Waals surface area contributed by atoms with E-state index in [1.165, 1.54) is 12.2 Å².